The summed E-state index contributed by atoms with van der Waals surface area (Å²) in [7, 11) is 1.58. The van der Waals surface area contributed by atoms with Crippen LogP contribution in [0.4, 0.5) is 0 Å². The summed E-state index contributed by atoms with van der Waals surface area (Å²) in [5, 5.41) is 17.7. The molecule has 0 saturated carbocycles. The second-order valence-corrected chi connectivity index (χ2v) is 5.91. The Labute approximate surface area is 123 Å². The number of nitrogens with zero attached hydrogens (tertiary/aromatic N) is 3. The molecule has 0 bridgehead atoms. The first-order chi connectivity index (χ1) is 9.99. The Bertz CT molecular complexity index is 518. The predicted molar refractivity (Wildman–Crippen MR) is 73.7 cm³/mol. The number of aliphatic hydroxyl groups is 1. The molecule has 2 heterocycles. The number of morpholine rings is 1. The summed E-state index contributed by atoms with van der Waals surface area (Å²) in [6.07, 6.45) is 1.55. The molecular formula is C14H21N3O4. The van der Waals surface area contributed by atoms with Gasteiger partial charge in [0.2, 0.25) is 5.79 Å². The van der Waals surface area contributed by atoms with E-state index in [4.69, 9.17) is 9.47 Å². The standard InChI is InChI=1S/C14H21N3O4/c1-9-12-13(2,16-15-9)11(19)8-10-14(12,20-3)21-7-5-17(10)4-6-18/h8-9,12,18H,4-7H2,1-3H3/t9-,12-,13-,14+/m1/s1. The maximum Gasteiger partial charge on any atom is 0.217 e. The molecule has 116 valence electrons. The van der Waals surface area contributed by atoms with Crippen molar-refractivity contribution in [2.75, 3.05) is 33.4 Å². The normalized spacial score (nSPS) is 41.8. The van der Waals surface area contributed by atoms with Crippen LogP contribution in [0, 0.1) is 5.92 Å². The summed E-state index contributed by atoms with van der Waals surface area (Å²) in [4.78, 5) is 14.5. The lowest BCUT2D eigenvalue weighted by atomic mass is 9.69. The number of ketones is 1. The number of β-amino-alcohol motifs (C(OH)–C–C–N with tert-alkyl or cyclic N) is 1. The number of fused-ring (bicyclic) bond motifs is 3. The highest BCUT2D eigenvalue weighted by molar-refractivity contribution is 6.00. The zero-order valence-electron chi connectivity index (χ0n) is 12.6. The molecule has 0 spiro atoms. The number of carbonyl (C=O) groups excluding carboxylic acids is 1. The largest absolute Gasteiger partial charge is 0.395 e. The van der Waals surface area contributed by atoms with E-state index in [1.165, 1.54) is 0 Å². The highest BCUT2D eigenvalue weighted by Crippen LogP contribution is 2.51. The van der Waals surface area contributed by atoms with Crippen LogP contribution in [0.25, 0.3) is 0 Å². The third-order valence-electron chi connectivity index (χ3n) is 4.76. The fourth-order valence-electron chi connectivity index (χ4n) is 3.78. The van der Waals surface area contributed by atoms with Crippen LogP contribution >= 0.6 is 0 Å². The molecule has 0 amide bonds. The van der Waals surface area contributed by atoms with Crippen LogP contribution in [0.1, 0.15) is 13.8 Å². The lowest BCUT2D eigenvalue weighted by molar-refractivity contribution is -0.267. The minimum absolute atomic E-state index is 0.0115. The van der Waals surface area contributed by atoms with Crippen molar-refractivity contribution < 1.29 is 19.4 Å². The lowest BCUT2D eigenvalue weighted by Gasteiger charge is -2.52. The van der Waals surface area contributed by atoms with E-state index in [9.17, 15) is 9.90 Å². The van der Waals surface area contributed by atoms with E-state index in [0.717, 1.165) is 0 Å². The first-order valence-electron chi connectivity index (χ1n) is 7.23. The molecule has 7 nitrogen and oxygen atoms in total. The Morgan fingerprint density at radius 2 is 2.38 bits per heavy atom. The molecule has 0 unspecified atom stereocenters. The molecule has 0 aromatic heterocycles. The Morgan fingerprint density at radius 3 is 3.05 bits per heavy atom. The van der Waals surface area contributed by atoms with Gasteiger partial charge in [0.05, 0.1) is 30.9 Å². The molecular weight excluding hydrogens is 274 g/mol. The third kappa shape index (κ3) is 1.81. The highest BCUT2D eigenvalue weighted by Gasteiger charge is 2.65. The van der Waals surface area contributed by atoms with E-state index in [1.807, 2.05) is 11.8 Å². The smallest absolute Gasteiger partial charge is 0.217 e. The van der Waals surface area contributed by atoms with Crippen LogP contribution in [-0.2, 0) is 14.3 Å². The zero-order valence-corrected chi connectivity index (χ0v) is 12.6. The summed E-state index contributed by atoms with van der Waals surface area (Å²) < 4.78 is 11.8. The van der Waals surface area contributed by atoms with Gasteiger partial charge < -0.3 is 19.5 Å². The number of aliphatic hydroxyl groups excluding tert-OH is 1. The molecule has 1 saturated heterocycles. The van der Waals surface area contributed by atoms with Crippen LogP contribution in [0.3, 0.4) is 0 Å². The lowest BCUT2D eigenvalue weighted by Crippen LogP contribution is -2.65. The molecule has 1 fully saturated rings. The topological polar surface area (TPSA) is 83.7 Å². The number of azo groups is 1. The Balaban J connectivity index is 2.12. The minimum Gasteiger partial charge on any atom is -0.395 e. The fourth-order valence-corrected chi connectivity index (χ4v) is 3.78. The monoisotopic (exact) mass is 295 g/mol. The van der Waals surface area contributed by atoms with Gasteiger partial charge in [-0.05, 0) is 13.8 Å². The van der Waals surface area contributed by atoms with E-state index >= 15 is 0 Å². The second-order valence-electron chi connectivity index (χ2n) is 5.91. The molecule has 1 aliphatic carbocycles. The van der Waals surface area contributed by atoms with E-state index in [0.29, 0.717) is 25.4 Å². The minimum atomic E-state index is -1.03. The summed E-state index contributed by atoms with van der Waals surface area (Å²) in [6.45, 7) is 5.26. The Kier molecular flexibility index (Phi) is 3.38. The van der Waals surface area contributed by atoms with E-state index in [-0.39, 0.29) is 24.3 Å². The number of rotatable bonds is 3. The first-order valence-corrected chi connectivity index (χ1v) is 7.23. The Morgan fingerprint density at radius 1 is 1.62 bits per heavy atom. The zero-order chi connectivity index (χ0) is 15.3. The van der Waals surface area contributed by atoms with E-state index in [2.05, 4.69) is 10.2 Å². The number of hydrogen-bond acceptors (Lipinski definition) is 7. The van der Waals surface area contributed by atoms with Gasteiger partial charge in [0, 0.05) is 26.3 Å². The molecule has 3 aliphatic rings. The summed E-state index contributed by atoms with van der Waals surface area (Å²) in [5.41, 5.74) is -0.266. The van der Waals surface area contributed by atoms with Crippen molar-refractivity contribution in [3.8, 4) is 0 Å². The molecule has 2 aliphatic heterocycles. The number of carbonyl (C=O) groups is 1. The van der Waals surface area contributed by atoms with Crippen molar-refractivity contribution >= 4 is 5.78 Å². The van der Waals surface area contributed by atoms with Crippen molar-refractivity contribution in [1.82, 2.24) is 4.90 Å². The molecule has 0 radical (unpaired) electrons. The summed E-state index contributed by atoms with van der Waals surface area (Å²) in [6, 6.07) is -0.170. The predicted octanol–water partition coefficient (Wildman–Crippen LogP) is 0.349. The SMILES string of the molecule is CO[C@]12OCCN(CCO)C1=CC(=O)[C@@]1(C)N=N[C@H](C)[C@@H]21. The summed E-state index contributed by atoms with van der Waals surface area (Å²) in [5.74, 6) is -1.42. The van der Waals surface area contributed by atoms with Gasteiger partial charge in [-0.2, -0.15) is 10.2 Å². The van der Waals surface area contributed by atoms with Crippen LogP contribution in [0.2, 0.25) is 0 Å². The van der Waals surface area contributed by atoms with E-state index in [1.54, 1.807) is 20.1 Å². The molecule has 0 aromatic rings. The number of methoxy groups -OCH3 is 1. The molecule has 1 N–H and O–H groups in total. The molecule has 21 heavy (non-hydrogen) atoms. The van der Waals surface area contributed by atoms with Crippen LogP contribution < -0.4 is 0 Å². The van der Waals surface area contributed by atoms with Gasteiger partial charge in [-0.1, -0.05) is 0 Å². The van der Waals surface area contributed by atoms with Crippen LogP contribution in [-0.4, -0.2) is 66.6 Å². The average molecular weight is 295 g/mol. The first kappa shape index (κ1) is 14.6. The van der Waals surface area contributed by atoms with Gasteiger partial charge in [-0.3, -0.25) is 4.79 Å². The maximum atomic E-state index is 12.6. The van der Waals surface area contributed by atoms with Gasteiger partial charge in [-0.25, -0.2) is 0 Å². The molecule has 7 heteroatoms. The molecule has 0 aromatic carbocycles. The van der Waals surface area contributed by atoms with Crippen LogP contribution in [0.15, 0.2) is 22.0 Å². The number of hydrogen-bond donors (Lipinski definition) is 1. The van der Waals surface area contributed by atoms with E-state index < -0.39 is 11.3 Å². The Hall–Kier alpha value is -1.31. The van der Waals surface area contributed by atoms with Gasteiger partial charge in [-0.15, -0.1) is 0 Å². The highest BCUT2D eigenvalue weighted by atomic mass is 16.7. The van der Waals surface area contributed by atoms with Gasteiger partial charge in [0.25, 0.3) is 0 Å². The van der Waals surface area contributed by atoms with Crippen LogP contribution in [0.5, 0.6) is 0 Å². The number of ether oxygens (including phenoxy) is 2. The average Bonchev–Trinajstić information content (AvgIpc) is 2.79. The van der Waals surface area contributed by atoms with Gasteiger partial charge in [0.1, 0.15) is 0 Å². The second kappa shape index (κ2) is 4.86. The molecule has 4 atom stereocenters. The molecule has 3 rings (SSSR count). The quantitative estimate of drug-likeness (QED) is 0.812. The van der Waals surface area contributed by atoms with Gasteiger partial charge >= 0.3 is 0 Å². The van der Waals surface area contributed by atoms with Crippen molar-refractivity contribution in [2.45, 2.75) is 31.2 Å². The van der Waals surface area contributed by atoms with Crippen molar-refractivity contribution in [3.05, 3.63) is 11.8 Å². The van der Waals surface area contributed by atoms with Crippen molar-refractivity contribution in [3.63, 3.8) is 0 Å². The third-order valence-corrected chi connectivity index (χ3v) is 4.76. The fraction of sp³-hybridized carbons (Fsp3) is 0.786. The van der Waals surface area contributed by atoms with Gasteiger partial charge in [0.15, 0.2) is 11.3 Å². The van der Waals surface area contributed by atoms with Crippen molar-refractivity contribution in [1.29, 1.82) is 0 Å². The van der Waals surface area contributed by atoms with Crippen molar-refractivity contribution in [2.24, 2.45) is 16.1 Å². The summed E-state index contributed by atoms with van der Waals surface area (Å²) >= 11 is 0. The maximum absolute atomic E-state index is 12.6.